The molecular formula is C21H40NNaO3S. The number of carbonyl (C=O) groups excluding carboxylic acids is 2. The van der Waals surface area contributed by atoms with Gasteiger partial charge in [0.1, 0.15) is 0 Å². The third kappa shape index (κ3) is 20.8. The van der Waals surface area contributed by atoms with Gasteiger partial charge < -0.3 is 15.2 Å². The average molecular weight is 410 g/mol. The fraction of sp³-hybridized carbons (Fsp3) is 0.905. The molecule has 0 heterocycles. The van der Waals surface area contributed by atoms with E-state index < -0.39 is 12.0 Å². The van der Waals surface area contributed by atoms with Gasteiger partial charge >= 0.3 is 29.6 Å². The summed E-state index contributed by atoms with van der Waals surface area (Å²) in [6, 6.07) is -0.850. The van der Waals surface area contributed by atoms with E-state index in [0.717, 1.165) is 12.8 Å². The topological polar surface area (TPSA) is 69.2 Å². The fourth-order valence-electron chi connectivity index (χ4n) is 3.05. The molecule has 0 rings (SSSR count). The molecule has 0 aliphatic rings. The molecule has 0 unspecified atom stereocenters. The predicted molar refractivity (Wildman–Crippen MR) is 110 cm³/mol. The zero-order valence-corrected chi connectivity index (χ0v) is 20.8. The number of carboxylic acid groups (broad SMARTS) is 1. The van der Waals surface area contributed by atoms with Crippen LogP contribution in [0.1, 0.15) is 103 Å². The molecule has 154 valence electrons. The summed E-state index contributed by atoms with van der Waals surface area (Å²) in [7, 11) is 0. The molecule has 4 nitrogen and oxygen atoms in total. The van der Waals surface area contributed by atoms with Gasteiger partial charge in [0.2, 0.25) is 5.91 Å². The molecule has 0 fully saturated rings. The SMILES string of the molecule is CCCCCCCCCCCCCCCC(=O)N[C@@H](CCSC)C(=O)[O-].[Na+]. The van der Waals surface area contributed by atoms with Crippen molar-refractivity contribution in [1.29, 1.82) is 0 Å². The number of thioether (sulfide) groups is 1. The molecule has 0 spiro atoms. The van der Waals surface area contributed by atoms with Gasteiger partial charge in [0.15, 0.2) is 0 Å². The number of aliphatic carboxylic acids is 1. The second kappa shape index (κ2) is 22.6. The number of rotatable bonds is 19. The molecule has 0 aromatic heterocycles. The van der Waals surface area contributed by atoms with Crippen LogP contribution in [0.25, 0.3) is 0 Å². The van der Waals surface area contributed by atoms with Crippen LogP contribution in [-0.4, -0.2) is 29.9 Å². The van der Waals surface area contributed by atoms with Crippen molar-refractivity contribution in [2.45, 2.75) is 109 Å². The second-order valence-electron chi connectivity index (χ2n) is 7.21. The Hall–Kier alpha value is 0.290. The maximum Gasteiger partial charge on any atom is 1.00 e. The third-order valence-electron chi connectivity index (χ3n) is 4.74. The van der Waals surface area contributed by atoms with Crippen LogP contribution in [-0.2, 0) is 9.59 Å². The summed E-state index contributed by atoms with van der Waals surface area (Å²) in [4.78, 5) is 22.8. The van der Waals surface area contributed by atoms with Gasteiger partial charge in [-0.3, -0.25) is 4.79 Å². The van der Waals surface area contributed by atoms with Crippen molar-refractivity contribution in [3.63, 3.8) is 0 Å². The van der Waals surface area contributed by atoms with E-state index in [4.69, 9.17) is 0 Å². The van der Waals surface area contributed by atoms with E-state index >= 15 is 0 Å². The van der Waals surface area contributed by atoms with Crippen molar-refractivity contribution in [1.82, 2.24) is 5.32 Å². The number of hydrogen-bond acceptors (Lipinski definition) is 4. The van der Waals surface area contributed by atoms with Crippen molar-refractivity contribution < 1.29 is 44.3 Å². The zero-order valence-electron chi connectivity index (χ0n) is 18.0. The molecule has 27 heavy (non-hydrogen) atoms. The average Bonchev–Trinajstić information content (AvgIpc) is 2.62. The van der Waals surface area contributed by atoms with Crippen LogP contribution < -0.4 is 40.0 Å². The summed E-state index contributed by atoms with van der Waals surface area (Å²) in [5.74, 6) is -0.640. The first-order valence-electron chi connectivity index (χ1n) is 10.6. The normalized spacial score (nSPS) is 11.6. The molecular weight excluding hydrogens is 369 g/mol. The molecule has 0 radical (unpaired) electrons. The number of amides is 1. The van der Waals surface area contributed by atoms with Crippen LogP contribution in [0.4, 0.5) is 0 Å². The Morgan fingerprint density at radius 1 is 0.852 bits per heavy atom. The smallest absolute Gasteiger partial charge is 0.548 e. The molecule has 0 aliphatic heterocycles. The van der Waals surface area contributed by atoms with Gasteiger partial charge in [-0.15, -0.1) is 0 Å². The van der Waals surface area contributed by atoms with Gasteiger partial charge in [-0.2, -0.15) is 11.8 Å². The first-order chi connectivity index (χ1) is 12.6. The minimum atomic E-state index is -1.18. The molecule has 0 saturated carbocycles. The van der Waals surface area contributed by atoms with Gasteiger partial charge in [-0.05, 0) is 24.9 Å². The molecule has 1 atom stereocenters. The third-order valence-corrected chi connectivity index (χ3v) is 5.38. The number of unbranched alkanes of at least 4 members (excludes halogenated alkanes) is 12. The van der Waals surface area contributed by atoms with E-state index in [0.29, 0.717) is 18.6 Å². The van der Waals surface area contributed by atoms with E-state index in [1.54, 1.807) is 11.8 Å². The van der Waals surface area contributed by atoms with Gasteiger partial charge in [-0.1, -0.05) is 84.0 Å². The summed E-state index contributed by atoms with van der Waals surface area (Å²) < 4.78 is 0. The van der Waals surface area contributed by atoms with Crippen LogP contribution in [0, 0.1) is 0 Å². The van der Waals surface area contributed by atoms with Crippen LogP contribution in [0.2, 0.25) is 0 Å². The monoisotopic (exact) mass is 409 g/mol. The minimum Gasteiger partial charge on any atom is -0.548 e. The van der Waals surface area contributed by atoms with Crippen molar-refractivity contribution in [2.24, 2.45) is 0 Å². The van der Waals surface area contributed by atoms with Gasteiger partial charge in [0.25, 0.3) is 0 Å². The van der Waals surface area contributed by atoms with Crippen LogP contribution in [0.15, 0.2) is 0 Å². The molecule has 0 aromatic rings. The molecule has 1 N–H and O–H groups in total. The summed E-state index contributed by atoms with van der Waals surface area (Å²) in [6.45, 7) is 2.25. The van der Waals surface area contributed by atoms with Gasteiger partial charge in [0.05, 0.1) is 12.0 Å². The molecule has 0 saturated heterocycles. The Bertz CT molecular complexity index is 356. The Kier molecular flexibility index (Phi) is 24.7. The van der Waals surface area contributed by atoms with Crippen LogP contribution in [0.3, 0.4) is 0 Å². The van der Waals surface area contributed by atoms with E-state index in [-0.39, 0.29) is 35.5 Å². The van der Waals surface area contributed by atoms with E-state index in [2.05, 4.69) is 12.2 Å². The van der Waals surface area contributed by atoms with Crippen LogP contribution >= 0.6 is 11.8 Å². The van der Waals surface area contributed by atoms with Gasteiger partial charge in [0, 0.05) is 6.42 Å². The van der Waals surface area contributed by atoms with Crippen molar-refractivity contribution in [3.8, 4) is 0 Å². The Morgan fingerprint density at radius 2 is 1.30 bits per heavy atom. The van der Waals surface area contributed by atoms with E-state index in [9.17, 15) is 14.7 Å². The maximum absolute atomic E-state index is 11.8. The quantitative estimate of drug-likeness (QED) is 0.259. The number of hydrogen-bond donors (Lipinski definition) is 1. The van der Waals surface area contributed by atoms with Crippen molar-refractivity contribution >= 4 is 23.6 Å². The molecule has 0 aromatic carbocycles. The zero-order chi connectivity index (χ0) is 19.5. The summed E-state index contributed by atoms with van der Waals surface area (Å²) in [5, 5.41) is 13.6. The second-order valence-corrected chi connectivity index (χ2v) is 8.20. The molecule has 1 amide bonds. The Labute approximate surface area is 193 Å². The standard InChI is InChI=1S/C21H41NO3S.Na/c1-3-4-5-6-7-8-9-10-11-12-13-14-15-16-20(23)22-19(21(24)25)17-18-26-2;/h19H,3-18H2,1-2H3,(H,22,23)(H,24,25);/q;+1/p-1/t19-;/m0./s1. The number of carboxylic acids is 1. The Morgan fingerprint density at radius 3 is 1.70 bits per heavy atom. The van der Waals surface area contributed by atoms with Gasteiger partial charge in [-0.25, -0.2) is 0 Å². The summed E-state index contributed by atoms with van der Waals surface area (Å²) >= 11 is 1.57. The number of carbonyl (C=O) groups is 2. The fourth-order valence-corrected chi connectivity index (χ4v) is 3.53. The Balaban J connectivity index is 0. The number of nitrogens with one attached hydrogen (secondary N) is 1. The molecule has 0 aliphatic carbocycles. The van der Waals surface area contributed by atoms with Crippen molar-refractivity contribution in [2.75, 3.05) is 12.0 Å². The molecule has 0 bridgehead atoms. The first kappa shape index (κ1) is 29.5. The van der Waals surface area contributed by atoms with E-state index in [1.807, 2.05) is 6.26 Å². The minimum absolute atomic E-state index is 0. The van der Waals surface area contributed by atoms with Crippen LogP contribution in [0.5, 0.6) is 0 Å². The predicted octanol–water partition coefficient (Wildman–Crippen LogP) is 1.46. The summed E-state index contributed by atoms with van der Waals surface area (Å²) in [5.41, 5.74) is 0. The molecule has 6 heteroatoms. The van der Waals surface area contributed by atoms with E-state index in [1.165, 1.54) is 70.6 Å². The van der Waals surface area contributed by atoms with Crippen molar-refractivity contribution in [3.05, 3.63) is 0 Å². The largest absolute Gasteiger partial charge is 1.00 e. The first-order valence-corrected chi connectivity index (χ1v) is 12.0. The summed E-state index contributed by atoms with van der Waals surface area (Å²) in [6.07, 6.45) is 19.3. The maximum atomic E-state index is 11.8.